The molecule has 0 spiro atoms. The number of aromatic nitrogens is 2. The van der Waals surface area contributed by atoms with Crippen molar-refractivity contribution in [3.05, 3.63) is 53.5 Å². The molecule has 22 heteroatoms. The minimum atomic E-state index is -6.09. The summed E-state index contributed by atoms with van der Waals surface area (Å²) in [5, 5.41) is 6.15. The number of hydrazone groups is 1. The summed E-state index contributed by atoms with van der Waals surface area (Å²) in [6, 6.07) is 11.7. The van der Waals surface area contributed by atoms with E-state index in [1.165, 1.54) is 0 Å². The molecular weight excluding hydrogens is 692 g/mol. The van der Waals surface area contributed by atoms with Gasteiger partial charge in [0.2, 0.25) is 0 Å². The number of halogens is 6. The molecule has 1 aliphatic heterocycles. The molecule has 0 saturated heterocycles. The molecule has 0 aliphatic carbocycles. The zero-order valence-corrected chi connectivity index (χ0v) is 26.8. The number of hydrogen-bond donors (Lipinski definition) is 0. The summed E-state index contributed by atoms with van der Waals surface area (Å²) >= 11 is 0. The van der Waals surface area contributed by atoms with E-state index < -0.39 is 31.3 Å². The van der Waals surface area contributed by atoms with Gasteiger partial charge in [-0.3, -0.25) is 15.0 Å². The Balaban J connectivity index is 0. The van der Waals surface area contributed by atoms with Crippen LogP contribution in [-0.2, 0) is 45.2 Å². The standard InChI is InChI=1S/C19H22N6.2CHF3O3S.H2O.Zn/c1-25-19-10-6-9-17(24-19)14-21-12-4-2-3-11-20-13-16-7-5-8-18(23-16)15-22-25;2*2-1(3,4)8(5,6)7;;/h5-10,13-15H,2-4,11-12H2,1H3;2*(H,5,6,7);1H2;/q;;;;+2/p-1/b20-13?,21-14?,22-15+;;;;. The van der Waals surface area contributed by atoms with Crippen LogP contribution in [0.2, 0.25) is 0 Å². The van der Waals surface area contributed by atoms with Crippen LogP contribution in [0.3, 0.4) is 0 Å². The Morgan fingerprint density at radius 1 is 0.698 bits per heavy atom. The van der Waals surface area contributed by atoms with Gasteiger partial charge in [0, 0.05) is 32.6 Å². The van der Waals surface area contributed by atoms with Crippen molar-refractivity contribution in [1.82, 2.24) is 9.97 Å². The topological polar surface area (TPSA) is 213 Å². The smallest absolute Gasteiger partial charge is 0.741 e. The van der Waals surface area contributed by atoms with E-state index in [0.29, 0.717) is 0 Å². The van der Waals surface area contributed by atoms with Crippen molar-refractivity contribution < 1.29 is 77.2 Å². The molecule has 3 N–H and O–H groups in total. The first-order valence-corrected chi connectivity index (χ1v) is 13.9. The predicted molar refractivity (Wildman–Crippen MR) is 140 cm³/mol. The van der Waals surface area contributed by atoms with E-state index >= 15 is 0 Å². The van der Waals surface area contributed by atoms with Crippen LogP contribution in [-0.4, -0.2) is 85.7 Å². The first kappa shape index (κ1) is 42.2. The molecule has 0 radical (unpaired) electrons. The summed E-state index contributed by atoms with van der Waals surface area (Å²) < 4.78 is 118. The molecule has 0 aromatic carbocycles. The third-order valence-electron chi connectivity index (χ3n) is 4.33. The van der Waals surface area contributed by atoms with Crippen molar-refractivity contribution in [3.63, 3.8) is 0 Å². The van der Waals surface area contributed by atoms with Gasteiger partial charge in [-0.15, -0.1) is 0 Å². The molecule has 0 atom stereocenters. The second-order valence-electron chi connectivity index (χ2n) is 7.61. The molecule has 3 rings (SSSR count). The molecule has 2 aromatic rings. The van der Waals surface area contributed by atoms with Gasteiger partial charge in [-0.2, -0.15) is 31.4 Å². The number of hydrogen-bond acceptors (Lipinski definition) is 12. The van der Waals surface area contributed by atoms with Crippen LogP contribution in [0.1, 0.15) is 36.3 Å². The van der Waals surface area contributed by atoms with Gasteiger partial charge in [-0.25, -0.2) is 26.8 Å². The number of nitrogens with zero attached hydrogens (tertiary/aromatic N) is 6. The molecule has 2 aromatic heterocycles. The molecule has 0 amide bonds. The Bertz CT molecular complexity index is 1400. The van der Waals surface area contributed by atoms with Gasteiger partial charge in [0.1, 0.15) is 5.82 Å². The fraction of sp³-hybridized carbons (Fsp3) is 0.381. The number of rotatable bonds is 0. The molecule has 3 heterocycles. The SMILES string of the molecule is CN1/N=C/c2cccc(n2)C=NCCCCCN=Cc2cccc1n2.O=S(=O)([O-])C(F)(F)F.O=S(=O)([O-])C(F)(F)F.[OH3+].[Zn+2]. The van der Waals surface area contributed by atoms with E-state index in [1.54, 1.807) is 11.2 Å². The van der Waals surface area contributed by atoms with Crippen molar-refractivity contribution in [2.45, 2.75) is 30.3 Å². The van der Waals surface area contributed by atoms with Crippen molar-refractivity contribution >= 4 is 44.7 Å². The molecule has 43 heavy (non-hydrogen) atoms. The molecule has 1 aliphatic rings. The maximum absolute atomic E-state index is 10.7. The van der Waals surface area contributed by atoms with Crippen molar-refractivity contribution in [1.29, 1.82) is 0 Å². The fourth-order valence-electron chi connectivity index (χ4n) is 2.41. The van der Waals surface area contributed by atoms with Crippen LogP contribution >= 0.6 is 0 Å². The Labute approximate surface area is 255 Å². The van der Waals surface area contributed by atoms with E-state index in [9.17, 15) is 26.3 Å². The number of alkyl halides is 6. The van der Waals surface area contributed by atoms with Crippen molar-refractivity contribution in [2.75, 3.05) is 25.1 Å². The second kappa shape index (κ2) is 18.7. The minimum Gasteiger partial charge on any atom is -0.741 e. The summed E-state index contributed by atoms with van der Waals surface area (Å²) in [6.45, 7) is 1.63. The van der Waals surface area contributed by atoms with Crippen LogP contribution in [0.4, 0.5) is 32.2 Å². The maximum Gasteiger partial charge on any atom is 2.00 e. The number of aliphatic imine (C=N–C) groups is 2. The van der Waals surface area contributed by atoms with E-state index in [-0.39, 0.29) is 25.0 Å². The Hall–Kier alpha value is -2.91. The molecule has 236 valence electrons. The van der Waals surface area contributed by atoms with E-state index in [2.05, 4.69) is 25.1 Å². The van der Waals surface area contributed by atoms with Crippen molar-refractivity contribution in [3.8, 4) is 0 Å². The fourth-order valence-corrected chi connectivity index (χ4v) is 2.41. The van der Waals surface area contributed by atoms with E-state index in [1.807, 2.05) is 55.9 Å². The monoisotopic (exact) mass is 715 g/mol. The largest absolute Gasteiger partial charge is 2.00 e. The number of fused-ring (bicyclic) bond motifs is 4. The van der Waals surface area contributed by atoms with Crippen LogP contribution < -0.4 is 5.01 Å². The summed E-state index contributed by atoms with van der Waals surface area (Å²) in [5.41, 5.74) is -8.82. The summed E-state index contributed by atoms with van der Waals surface area (Å²) in [7, 11) is -10.3. The van der Waals surface area contributed by atoms with Crippen LogP contribution in [0.5, 0.6) is 0 Å². The Morgan fingerprint density at radius 3 is 1.49 bits per heavy atom. The van der Waals surface area contributed by atoms with Gasteiger partial charge in [0.15, 0.2) is 20.2 Å². The zero-order chi connectivity index (χ0) is 31.3. The van der Waals surface area contributed by atoms with Gasteiger partial charge >= 0.3 is 30.5 Å². The summed E-state index contributed by atoms with van der Waals surface area (Å²) in [6.07, 6.45) is 8.62. The van der Waals surface area contributed by atoms with E-state index in [0.717, 1.165) is 55.3 Å². The Morgan fingerprint density at radius 2 is 1.07 bits per heavy atom. The second-order valence-corrected chi connectivity index (χ2v) is 10.3. The molecule has 0 unspecified atom stereocenters. The van der Waals surface area contributed by atoms with Gasteiger partial charge in [-0.05, 0) is 43.5 Å². The maximum atomic E-state index is 10.7. The van der Waals surface area contributed by atoms with Crippen molar-refractivity contribution in [2.24, 2.45) is 15.1 Å². The first-order valence-electron chi connectivity index (χ1n) is 11.1. The first-order chi connectivity index (χ1) is 18.8. The molecule has 13 nitrogen and oxygen atoms in total. The third kappa shape index (κ3) is 17.1. The van der Waals surface area contributed by atoms with Crippen LogP contribution in [0, 0.1) is 0 Å². The number of anilines is 1. The summed E-state index contributed by atoms with van der Waals surface area (Å²) in [5.74, 6) is 0.763. The minimum absolute atomic E-state index is 0. The average Bonchev–Trinajstić information content (AvgIpc) is 2.84. The van der Waals surface area contributed by atoms with E-state index in [4.69, 9.17) is 25.9 Å². The summed E-state index contributed by atoms with van der Waals surface area (Å²) in [4.78, 5) is 18.0. The van der Waals surface area contributed by atoms with Gasteiger partial charge in [-0.1, -0.05) is 12.1 Å². The quantitative estimate of drug-likeness (QED) is 0.128. The van der Waals surface area contributed by atoms with Gasteiger partial charge in [0.05, 0.1) is 23.3 Å². The molecule has 0 fully saturated rings. The molecule has 4 bridgehead atoms. The molecular formula is C21H25F6N6O7S2Zn+. The normalized spacial score (nSPS) is 15.0. The molecule has 0 saturated carbocycles. The third-order valence-corrected chi connectivity index (χ3v) is 5.47. The zero-order valence-electron chi connectivity index (χ0n) is 22.2. The average molecular weight is 717 g/mol. The predicted octanol–water partition coefficient (Wildman–Crippen LogP) is 2.15. The van der Waals surface area contributed by atoms with Gasteiger partial charge in [0.25, 0.3) is 0 Å². The van der Waals surface area contributed by atoms with Crippen LogP contribution in [0.15, 0.2) is 51.5 Å². The Kier molecular flexibility index (Phi) is 18.4. The van der Waals surface area contributed by atoms with Gasteiger partial charge < -0.3 is 14.6 Å². The number of pyridine rings is 2. The van der Waals surface area contributed by atoms with Crippen LogP contribution in [0.25, 0.3) is 0 Å².